The zero-order valence-corrected chi connectivity index (χ0v) is 8.65. The second-order valence-electron chi connectivity index (χ2n) is 3.32. The molecule has 0 saturated heterocycles. The van der Waals surface area contributed by atoms with Gasteiger partial charge in [-0.05, 0) is 43.2 Å². The minimum Gasteiger partial charge on any atom is -0.478 e. The van der Waals surface area contributed by atoms with Crippen molar-refractivity contribution in [2.75, 3.05) is 0 Å². The van der Waals surface area contributed by atoms with Crippen LogP contribution in [0.2, 0.25) is 0 Å². The van der Waals surface area contributed by atoms with Crippen LogP contribution in [0.5, 0.6) is 0 Å². The lowest BCUT2D eigenvalue weighted by molar-refractivity contribution is -0.112. The molecule has 3 heteroatoms. The highest BCUT2D eigenvalue weighted by molar-refractivity contribution is 5.93. The number of hydrogen-bond acceptors (Lipinski definition) is 2. The van der Waals surface area contributed by atoms with Gasteiger partial charge in [-0.1, -0.05) is 12.1 Å². The van der Waals surface area contributed by atoms with E-state index in [0.29, 0.717) is 0 Å². The van der Waals surface area contributed by atoms with Crippen LogP contribution in [0.1, 0.15) is 28.4 Å². The van der Waals surface area contributed by atoms with Crippen LogP contribution in [-0.4, -0.2) is 16.9 Å². The lowest BCUT2D eigenvalue weighted by atomic mass is 10.0. The molecule has 0 amide bonds. The third kappa shape index (κ3) is 3.06. The van der Waals surface area contributed by atoms with Gasteiger partial charge in [-0.3, -0.25) is 4.79 Å². The summed E-state index contributed by atoms with van der Waals surface area (Å²) in [5.74, 6) is -1.03. The summed E-state index contributed by atoms with van der Waals surface area (Å²) in [7, 11) is 0. The fraction of sp³-hybridized carbons (Fsp3) is 0.167. The van der Waals surface area contributed by atoms with Crippen molar-refractivity contribution < 1.29 is 14.7 Å². The molecule has 0 fully saturated rings. The Morgan fingerprint density at radius 3 is 2.53 bits per heavy atom. The van der Waals surface area contributed by atoms with E-state index in [2.05, 4.69) is 0 Å². The first-order valence-corrected chi connectivity index (χ1v) is 4.53. The van der Waals surface area contributed by atoms with Gasteiger partial charge in [-0.15, -0.1) is 0 Å². The Balaban J connectivity index is 3.11. The molecule has 1 aromatic carbocycles. The highest BCUT2D eigenvalue weighted by Gasteiger charge is 2.03. The summed E-state index contributed by atoms with van der Waals surface area (Å²) in [6.45, 7) is 3.32. The number of carboxylic acids is 1. The standard InChI is InChI=1S/C12H12O3/c1-8-3-5-11(12(14)15)7-10(8)6-4-9(2)13/h3-7H,1-2H3,(H,14,15)/b6-4-. The van der Waals surface area contributed by atoms with Gasteiger partial charge in [0.1, 0.15) is 0 Å². The van der Waals surface area contributed by atoms with Gasteiger partial charge >= 0.3 is 5.97 Å². The first kappa shape index (κ1) is 11.2. The molecule has 1 aromatic rings. The van der Waals surface area contributed by atoms with Gasteiger partial charge in [0, 0.05) is 0 Å². The van der Waals surface area contributed by atoms with E-state index in [1.807, 2.05) is 6.92 Å². The van der Waals surface area contributed by atoms with Crippen molar-refractivity contribution in [1.29, 1.82) is 0 Å². The van der Waals surface area contributed by atoms with E-state index in [0.717, 1.165) is 11.1 Å². The van der Waals surface area contributed by atoms with Crippen LogP contribution >= 0.6 is 0 Å². The third-order valence-corrected chi connectivity index (χ3v) is 2.02. The topological polar surface area (TPSA) is 54.4 Å². The number of carbonyl (C=O) groups is 2. The fourth-order valence-electron chi connectivity index (χ4n) is 1.16. The summed E-state index contributed by atoms with van der Waals surface area (Å²) in [4.78, 5) is 21.5. The first-order chi connectivity index (χ1) is 7.00. The highest BCUT2D eigenvalue weighted by atomic mass is 16.4. The first-order valence-electron chi connectivity index (χ1n) is 4.53. The van der Waals surface area contributed by atoms with E-state index in [1.54, 1.807) is 24.3 Å². The lowest BCUT2D eigenvalue weighted by Crippen LogP contribution is -1.97. The van der Waals surface area contributed by atoms with Gasteiger partial charge in [-0.25, -0.2) is 4.79 Å². The van der Waals surface area contributed by atoms with Crippen LogP contribution in [0.25, 0.3) is 6.08 Å². The Morgan fingerprint density at radius 1 is 1.33 bits per heavy atom. The summed E-state index contributed by atoms with van der Waals surface area (Å²) >= 11 is 0. The van der Waals surface area contributed by atoms with Crippen molar-refractivity contribution in [3.05, 3.63) is 41.0 Å². The smallest absolute Gasteiger partial charge is 0.335 e. The molecule has 0 aliphatic heterocycles. The van der Waals surface area contributed by atoms with Crippen molar-refractivity contribution in [3.63, 3.8) is 0 Å². The van der Waals surface area contributed by atoms with Crippen molar-refractivity contribution in [2.45, 2.75) is 13.8 Å². The second kappa shape index (κ2) is 4.55. The number of ketones is 1. The summed E-state index contributed by atoms with van der Waals surface area (Å²) < 4.78 is 0. The molecule has 0 aromatic heterocycles. The summed E-state index contributed by atoms with van der Waals surface area (Å²) in [6.07, 6.45) is 3.05. The van der Waals surface area contributed by atoms with Crippen molar-refractivity contribution in [1.82, 2.24) is 0 Å². The van der Waals surface area contributed by atoms with Crippen molar-refractivity contribution in [3.8, 4) is 0 Å². The quantitative estimate of drug-likeness (QED) is 0.768. The maximum atomic E-state index is 10.7. The fourth-order valence-corrected chi connectivity index (χ4v) is 1.16. The van der Waals surface area contributed by atoms with E-state index < -0.39 is 5.97 Å². The number of allylic oxidation sites excluding steroid dienone is 1. The van der Waals surface area contributed by atoms with Crippen LogP contribution in [0.4, 0.5) is 0 Å². The minimum atomic E-state index is -0.965. The molecule has 0 aliphatic carbocycles. The Hall–Kier alpha value is -1.90. The van der Waals surface area contributed by atoms with Crippen LogP contribution in [0.3, 0.4) is 0 Å². The number of hydrogen-bond donors (Lipinski definition) is 1. The lowest BCUT2D eigenvalue weighted by Gasteiger charge is -2.01. The number of rotatable bonds is 3. The Morgan fingerprint density at radius 2 is 2.00 bits per heavy atom. The molecule has 0 heterocycles. The van der Waals surface area contributed by atoms with E-state index in [9.17, 15) is 9.59 Å². The van der Waals surface area contributed by atoms with E-state index in [1.165, 1.54) is 13.0 Å². The molecule has 0 bridgehead atoms. The number of aromatic carboxylic acids is 1. The summed E-state index contributed by atoms with van der Waals surface area (Å²) in [5.41, 5.74) is 1.92. The molecule has 78 valence electrons. The summed E-state index contributed by atoms with van der Waals surface area (Å²) in [5, 5.41) is 8.79. The predicted octanol–water partition coefficient (Wildman–Crippen LogP) is 2.30. The van der Waals surface area contributed by atoms with Gasteiger partial charge in [0.2, 0.25) is 0 Å². The van der Waals surface area contributed by atoms with Gasteiger partial charge in [0.25, 0.3) is 0 Å². The molecule has 1 N–H and O–H groups in total. The van der Waals surface area contributed by atoms with Crippen LogP contribution in [0, 0.1) is 6.92 Å². The molecule has 0 radical (unpaired) electrons. The molecule has 0 atom stereocenters. The predicted molar refractivity (Wildman–Crippen MR) is 57.9 cm³/mol. The molecule has 15 heavy (non-hydrogen) atoms. The molecule has 0 saturated carbocycles. The number of benzene rings is 1. The number of carboxylic acid groups (broad SMARTS) is 1. The van der Waals surface area contributed by atoms with Gasteiger partial charge in [-0.2, -0.15) is 0 Å². The van der Waals surface area contributed by atoms with E-state index >= 15 is 0 Å². The van der Waals surface area contributed by atoms with Gasteiger partial charge in [0.05, 0.1) is 5.56 Å². The molecular weight excluding hydrogens is 192 g/mol. The largest absolute Gasteiger partial charge is 0.478 e. The minimum absolute atomic E-state index is 0.0601. The monoisotopic (exact) mass is 204 g/mol. The zero-order chi connectivity index (χ0) is 11.4. The van der Waals surface area contributed by atoms with Gasteiger partial charge in [0.15, 0.2) is 5.78 Å². The van der Waals surface area contributed by atoms with Crippen molar-refractivity contribution >= 4 is 17.8 Å². The Labute approximate surface area is 88.0 Å². The Kier molecular flexibility index (Phi) is 3.39. The molecule has 3 nitrogen and oxygen atoms in total. The maximum absolute atomic E-state index is 10.7. The van der Waals surface area contributed by atoms with Crippen LogP contribution < -0.4 is 0 Å². The average molecular weight is 204 g/mol. The Bertz CT molecular complexity index is 430. The normalized spacial score (nSPS) is 10.5. The third-order valence-electron chi connectivity index (χ3n) is 2.02. The summed E-state index contributed by atoms with van der Waals surface area (Å²) in [6, 6.07) is 4.82. The highest BCUT2D eigenvalue weighted by Crippen LogP contribution is 2.13. The molecular formula is C12H12O3. The molecule has 1 rings (SSSR count). The molecule has 0 unspecified atom stereocenters. The van der Waals surface area contributed by atoms with Crippen LogP contribution in [0.15, 0.2) is 24.3 Å². The molecule has 0 aliphatic rings. The van der Waals surface area contributed by atoms with Gasteiger partial charge < -0.3 is 5.11 Å². The average Bonchev–Trinajstić information content (AvgIpc) is 2.16. The second-order valence-corrected chi connectivity index (χ2v) is 3.32. The van der Waals surface area contributed by atoms with Crippen molar-refractivity contribution in [2.24, 2.45) is 0 Å². The zero-order valence-electron chi connectivity index (χ0n) is 8.65. The number of carbonyl (C=O) groups excluding carboxylic acids is 1. The SMILES string of the molecule is CC(=O)/C=C\c1cc(C(=O)O)ccc1C. The van der Waals surface area contributed by atoms with Crippen LogP contribution in [-0.2, 0) is 4.79 Å². The maximum Gasteiger partial charge on any atom is 0.335 e. The molecule has 0 spiro atoms. The number of aryl methyl sites for hydroxylation is 1. The van der Waals surface area contributed by atoms with E-state index in [4.69, 9.17) is 5.11 Å². The van der Waals surface area contributed by atoms with E-state index in [-0.39, 0.29) is 11.3 Å².